The van der Waals surface area contributed by atoms with Crippen LogP contribution in [0.2, 0.25) is 0 Å². The van der Waals surface area contributed by atoms with E-state index in [1.807, 2.05) is 13.0 Å². The number of ether oxygens (including phenoxy) is 1. The molecule has 3 aromatic heterocycles. The van der Waals surface area contributed by atoms with E-state index in [1.54, 1.807) is 6.08 Å². The lowest BCUT2D eigenvalue weighted by Crippen LogP contribution is -2.62. The van der Waals surface area contributed by atoms with E-state index >= 15 is 0 Å². The molecule has 9 heteroatoms. The Morgan fingerprint density at radius 2 is 1.83 bits per heavy atom. The fraction of sp³-hybridized carbons (Fsp3) is 0.535. The number of aromatic carboxylic acids is 1. The van der Waals surface area contributed by atoms with E-state index in [9.17, 15) is 25.2 Å². The predicted octanol–water partition coefficient (Wildman–Crippen LogP) is 8.31. The molecule has 0 saturated heterocycles. The zero-order valence-corrected chi connectivity index (χ0v) is 31.4. The van der Waals surface area contributed by atoms with Gasteiger partial charge in [-0.3, -0.25) is 0 Å². The summed E-state index contributed by atoms with van der Waals surface area (Å²) in [5, 5.41) is 47.5. The normalized spacial score (nSPS) is 35.7. The fourth-order valence-electron chi connectivity index (χ4n) is 12.6. The summed E-state index contributed by atoms with van der Waals surface area (Å²) in [6.07, 6.45) is 9.85. The van der Waals surface area contributed by atoms with Gasteiger partial charge in [0.2, 0.25) is 5.89 Å². The van der Waals surface area contributed by atoms with Gasteiger partial charge in [0.1, 0.15) is 12.0 Å². The number of carboxylic acid groups (broad SMARTS) is 1. The molecule has 4 N–H and O–H groups in total. The van der Waals surface area contributed by atoms with Gasteiger partial charge in [0, 0.05) is 38.8 Å². The quantitative estimate of drug-likeness (QED) is 0.166. The SMILES string of the molecule is C=C(C)c1c(O)c2c3c(cc4c5c(n1c42)[C@@]1(C)C(CC[C@H]2[C@](C)(C=Cc4nc(C(=O)O)co4)[C@@H](O)CC[C@@]21C)C5)C1=CC(C)(C)OC(C)(C)C1[C@@H]3O. The number of nitrogens with zero attached hydrogens (tertiary/aromatic N) is 2. The van der Waals surface area contributed by atoms with Crippen molar-refractivity contribution in [1.29, 1.82) is 0 Å². The molecule has 0 amide bonds. The highest BCUT2D eigenvalue weighted by Gasteiger charge is 2.67. The van der Waals surface area contributed by atoms with E-state index < -0.39 is 34.8 Å². The summed E-state index contributed by atoms with van der Waals surface area (Å²) in [5.41, 5.74) is 5.31. The lowest BCUT2D eigenvalue weighted by atomic mass is 9.40. The highest BCUT2D eigenvalue weighted by molar-refractivity contribution is 6.11. The maximum Gasteiger partial charge on any atom is 0.357 e. The van der Waals surface area contributed by atoms with Crippen molar-refractivity contribution in [3.05, 3.63) is 70.7 Å². The maximum atomic E-state index is 12.3. The Hall–Kier alpha value is -3.92. The molecule has 9 rings (SSSR count). The van der Waals surface area contributed by atoms with E-state index in [4.69, 9.17) is 9.15 Å². The molecule has 0 bridgehead atoms. The van der Waals surface area contributed by atoms with Crippen molar-refractivity contribution in [2.45, 2.75) is 116 Å². The van der Waals surface area contributed by atoms with Crippen LogP contribution in [0, 0.1) is 28.6 Å². The molecule has 5 aliphatic rings. The highest BCUT2D eigenvalue weighted by atomic mass is 16.5. The Balaban J connectivity index is 1.26. The largest absolute Gasteiger partial charge is 0.505 e. The van der Waals surface area contributed by atoms with Crippen LogP contribution in [0.3, 0.4) is 0 Å². The molecule has 2 unspecified atom stereocenters. The molecule has 1 aromatic carbocycles. The number of aromatic hydroxyl groups is 1. The van der Waals surface area contributed by atoms with Crippen LogP contribution in [0.1, 0.15) is 132 Å². The lowest BCUT2D eigenvalue weighted by molar-refractivity contribution is -0.144. The average molecular weight is 707 g/mol. The van der Waals surface area contributed by atoms with Crippen molar-refractivity contribution in [2.75, 3.05) is 0 Å². The number of rotatable bonds is 4. The topological polar surface area (TPSA) is 138 Å². The van der Waals surface area contributed by atoms with Gasteiger partial charge in [-0.15, -0.1) is 0 Å². The number of carboxylic acids is 1. The molecular formula is C43H50N2O7. The van der Waals surface area contributed by atoms with E-state index in [1.165, 1.54) is 11.3 Å². The number of hydrogen-bond donors (Lipinski definition) is 4. The minimum Gasteiger partial charge on any atom is -0.505 e. The van der Waals surface area contributed by atoms with Crippen molar-refractivity contribution >= 4 is 39.5 Å². The Morgan fingerprint density at radius 1 is 1.10 bits per heavy atom. The van der Waals surface area contributed by atoms with Crippen molar-refractivity contribution < 1.29 is 34.4 Å². The average Bonchev–Trinajstić information content (AvgIpc) is 3.83. The highest BCUT2D eigenvalue weighted by Crippen LogP contribution is 2.71. The van der Waals surface area contributed by atoms with Crippen molar-refractivity contribution in [1.82, 2.24) is 9.38 Å². The minimum absolute atomic E-state index is 0.0862. The second-order valence-electron chi connectivity index (χ2n) is 18.4. The van der Waals surface area contributed by atoms with Gasteiger partial charge in [0.05, 0.1) is 34.6 Å². The molecule has 0 radical (unpaired) electrons. The Labute approximate surface area is 304 Å². The molecule has 4 aliphatic carbocycles. The molecule has 4 aromatic rings. The standard InChI is InChI=1S/C43H50N2O7/c1-20(2)33-36(48)31-30-22(25-18-39(3,4)52-40(5,6)32(25)35(30)47)17-23-24-16-21-10-11-27-41(7,14-13-29-44-26(19-51-29)38(49)50)28(46)12-15-42(27,8)43(21,9)37(24)45(33)34(23)31/h13-14,17-19,21,27-28,32,35,46-48H,1,10-12,15-16H2,2-9H3,(H,49,50)/t21?,27-,28-,32?,35+,41-,42-,43+/m0/s1. The summed E-state index contributed by atoms with van der Waals surface area (Å²) in [4.78, 5) is 15.6. The van der Waals surface area contributed by atoms with Crippen molar-refractivity contribution in [3.8, 4) is 5.75 Å². The first-order valence-corrected chi connectivity index (χ1v) is 18.8. The van der Waals surface area contributed by atoms with Gasteiger partial charge in [-0.1, -0.05) is 33.4 Å². The fourth-order valence-corrected chi connectivity index (χ4v) is 12.6. The summed E-state index contributed by atoms with van der Waals surface area (Å²) in [5.74, 6) is -0.604. The summed E-state index contributed by atoms with van der Waals surface area (Å²) in [6.45, 7) is 21.5. The van der Waals surface area contributed by atoms with Gasteiger partial charge in [-0.25, -0.2) is 9.78 Å². The van der Waals surface area contributed by atoms with E-state index in [-0.39, 0.29) is 40.0 Å². The lowest BCUT2D eigenvalue weighted by Gasteiger charge is -2.64. The monoisotopic (exact) mass is 706 g/mol. The van der Waals surface area contributed by atoms with Crippen LogP contribution in [-0.4, -0.2) is 53.1 Å². The molecule has 9 nitrogen and oxygen atoms in total. The molecule has 2 fully saturated rings. The van der Waals surface area contributed by atoms with E-state index in [0.717, 1.165) is 65.1 Å². The van der Waals surface area contributed by atoms with Crippen molar-refractivity contribution in [3.63, 3.8) is 0 Å². The molecule has 4 heterocycles. The van der Waals surface area contributed by atoms with Gasteiger partial charge in [0.15, 0.2) is 5.69 Å². The molecule has 0 spiro atoms. The van der Waals surface area contributed by atoms with Gasteiger partial charge in [0.25, 0.3) is 0 Å². The first kappa shape index (κ1) is 33.9. The van der Waals surface area contributed by atoms with Crippen LogP contribution < -0.4 is 0 Å². The van der Waals surface area contributed by atoms with E-state index in [2.05, 4.69) is 76.6 Å². The second kappa shape index (κ2) is 10.2. The molecular weight excluding hydrogens is 656 g/mol. The van der Waals surface area contributed by atoms with Gasteiger partial charge in [-0.2, -0.15) is 0 Å². The van der Waals surface area contributed by atoms with Gasteiger partial charge in [-0.05, 0) is 124 Å². The van der Waals surface area contributed by atoms with Crippen LogP contribution in [0.15, 0.2) is 35.5 Å². The number of oxazole rings is 1. The second-order valence-corrected chi connectivity index (χ2v) is 18.4. The van der Waals surface area contributed by atoms with Crippen LogP contribution in [0.25, 0.3) is 33.5 Å². The third-order valence-corrected chi connectivity index (χ3v) is 14.8. The molecule has 8 atom stereocenters. The number of fused-ring (bicyclic) bond motifs is 11. The number of hydrogen-bond acceptors (Lipinski definition) is 7. The third-order valence-electron chi connectivity index (χ3n) is 14.8. The van der Waals surface area contributed by atoms with E-state index in [0.29, 0.717) is 23.4 Å². The first-order valence-electron chi connectivity index (χ1n) is 18.8. The van der Waals surface area contributed by atoms with Crippen LogP contribution >= 0.6 is 0 Å². The zero-order valence-electron chi connectivity index (χ0n) is 31.4. The predicted molar refractivity (Wildman–Crippen MR) is 199 cm³/mol. The Morgan fingerprint density at radius 3 is 2.50 bits per heavy atom. The zero-order chi connectivity index (χ0) is 37.2. The Bertz CT molecular complexity index is 2300. The van der Waals surface area contributed by atoms with Gasteiger partial charge < -0.3 is 34.0 Å². The number of benzene rings is 1. The Kier molecular flexibility index (Phi) is 6.64. The van der Waals surface area contributed by atoms with Crippen molar-refractivity contribution in [2.24, 2.45) is 28.6 Å². The number of aliphatic hydroxyl groups excluding tert-OH is 2. The number of aromatic nitrogens is 2. The number of allylic oxidation sites excluding steroid dienone is 1. The summed E-state index contributed by atoms with van der Waals surface area (Å²) in [7, 11) is 0. The molecule has 1 aliphatic heterocycles. The summed E-state index contributed by atoms with van der Waals surface area (Å²) < 4.78 is 14.3. The molecule has 2 saturated carbocycles. The van der Waals surface area contributed by atoms with Crippen LogP contribution in [0.4, 0.5) is 0 Å². The van der Waals surface area contributed by atoms with Gasteiger partial charge >= 0.3 is 5.97 Å². The number of carbonyl (C=O) groups is 1. The van der Waals surface area contributed by atoms with Crippen LogP contribution in [0.5, 0.6) is 5.75 Å². The first-order chi connectivity index (χ1) is 24.3. The maximum absolute atomic E-state index is 12.3. The van der Waals surface area contributed by atoms with Crippen LogP contribution in [-0.2, 0) is 16.6 Å². The smallest absolute Gasteiger partial charge is 0.357 e. The summed E-state index contributed by atoms with van der Waals surface area (Å²) in [6, 6.07) is 2.30. The third kappa shape index (κ3) is 3.94. The molecule has 52 heavy (non-hydrogen) atoms. The molecule has 274 valence electrons. The minimum atomic E-state index is -1.15. The summed E-state index contributed by atoms with van der Waals surface area (Å²) >= 11 is 0. The number of aliphatic hydroxyl groups is 2.